The zero-order valence-corrected chi connectivity index (χ0v) is 12.8. The van der Waals surface area contributed by atoms with Crippen LogP contribution in [0, 0.1) is 5.92 Å². The van der Waals surface area contributed by atoms with Gasteiger partial charge in [0.05, 0.1) is 0 Å². The summed E-state index contributed by atoms with van der Waals surface area (Å²) >= 11 is 1.11. The second-order valence-electron chi connectivity index (χ2n) is 4.45. The Morgan fingerprint density at radius 2 is 2.16 bits per heavy atom. The Labute approximate surface area is 117 Å². The number of nitrogens with one attached hydrogen (secondary N) is 1. The Hall–Kier alpha value is -0.960. The molecule has 1 amide bonds. The SMILES string of the molecule is CC(CN)CNC(=O)c1sccc1S(=O)(=O)N(C)C. The predicted octanol–water partition coefficient (Wildman–Crippen LogP) is 0.323. The molecular weight excluding hydrogens is 286 g/mol. The lowest BCUT2D eigenvalue weighted by atomic mass is 10.2. The minimum Gasteiger partial charge on any atom is -0.351 e. The minimum atomic E-state index is -3.60. The van der Waals surface area contributed by atoms with Crippen LogP contribution < -0.4 is 11.1 Å². The summed E-state index contributed by atoms with van der Waals surface area (Å²) in [7, 11) is -0.724. The largest absolute Gasteiger partial charge is 0.351 e. The quantitative estimate of drug-likeness (QED) is 0.792. The highest BCUT2D eigenvalue weighted by molar-refractivity contribution is 7.89. The summed E-state index contributed by atoms with van der Waals surface area (Å²) < 4.78 is 25.2. The van der Waals surface area contributed by atoms with E-state index in [0.717, 1.165) is 15.6 Å². The molecule has 3 N–H and O–H groups in total. The van der Waals surface area contributed by atoms with Crippen LogP contribution in [0.5, 0.6) is 0 Å². The van der Waals surface area contributed by atoms with Crippen molar-refractivity contribution in [1.82, 2.24) is 9.62 Å². The number of sulfonamides is 1. The van der Waals surface area contributed by atoms with E-state index < -0.39 is 10.0 Å². The number of hydrogen-bond acceptors (Lipinski definition) is 5. The van der Waals surface area contributed by atoms with Gasteiger partial charge in [-0.15, -0.1) is 11.3 Å². The van der Waals surface area contributed by atoms with Gasteiger partial charge in [0.25, 0.3) is 5.91 Å². The van der Waals surface area contributed by atoms with Crippen LogP contribution in [0.3, 0.4) is 0 Å². The van der Waals surface area contributed by atoms with Crippen molar-refractivity contribution < 1.29 is 13.2 Å². The van der Waals surface area contributed by atoms with Gasteiger partial charge in [-0.3, -0.25) is 4.79 Å². The molecule has 0 aromatic carbocycles. The molecule has 1 aromatic heterocycles. The molecule has 1 unspecified atom stereocenters. The van der Waals surface area contributed by atoms with E-state index in [4.69, 9.17) is 5.73 Å². The zero-order chi connectivity index (χ0) is 14.6. The number of nitrogens with zero attached hydrogens (tertiary/aromatic N) is 1. The molecular formula is C11H19N3O3S2. The molecule has 108 valence electrons. The molecule has 6 nitrogen and oxygen atoms in total. The number of thiophene rings is 1. The van der Waals surface area contributed by atoms with Crippen molar-refractivity contribution in [2.75, 3.05) is 27.2 Å². The van der Waals surface area contributed by atoms with Gasteiger partial charge in [-0.1, -0.05) is 6.92 Å². The highest BCUT2D eigenvalue weighted by Gasteiger charge is 2.25. The monoisotopic (exact) mass is 305 g/mol. The zero-order valence-electron chi connectivity index (χ0n) is 11.2. The number of amides is 1. The first-order valence-corrected chi connectivity index (χ1v) is 8.11. The topological polar surface area (TPSA) is 92.5 Å². The van der Waals surface area contributed by atoms with Crippen LogP contribution in [-0.4, -0.2) is 45.8 Å². The summed E-state index contributed by atoms with van der Waals surface area (Å²) in [6.45, 7) is 2.80. The van der Waals surface area contributed by atoms with Gasteiger partial charge in [0.1, 0.15) is 9.77 Å². The van der Waals surface area contributed by atoms with Gasteiger partial charge in [0, 0.05) is 20.6 Å². The number of carbonyl (C=O) groups excluding carboxylic acids is 1. The van der Waals surface area contributed by atoms with E-state index in [0.29, 0.717) is 13.1 Å². The van der Waals surface area contributed by atoms with Crippen molar-refractivity contribution in [2.24, 2.45) is 11.7 Å². The number of carbonyl (C=O) groups is 1. The third-order valence-electron chi connectivity index (χ3n) is 2.61. The molecule has 0 saturated heterocycles. The van der Waals surface area contributed by atoms with Crippen LogP contribution in [-0.2, 0) is 10.0 Å². The molecule has 1 aromatic rings. The number of hydrogen-bond donors (Lipinski definition) is 2. The van der Waals surface area contributed by atoms with Gasteiger partial charge >= 0.3 is 0 Å². The molecule has 1 heterocycles. The Balaban J connectivity index is 2.92. The lowest BCUT2D eigenvalue weighted by Gasteiger charge is -2.13. The third kappa shape index (κ3) is 3.75. The van der Waals surface area contributed by atoms with Crippen molar-refractivity contribution >= 4 is 27.3 Å². The molecule has 8 heteroatoms. The van der Waals surface area contributed by atoms with Crippen LogP contribution in [0.2, 0.25) is 0 Å². The van der Waals surface area contributed by atoms with E-state index in [-0.39, 0.29) is 21.6 Å². The van der Waals surface area contributed by atoms with Crippen LogP contribution in [0.25, 0.3) is 0 Å². The minimum absolute atomic E-state index is 0.0420. The van der Waals surface area contributed by atoms with Gasteiger partial charge in [-0.05, 0) is 23.9 Å². The summed E-state index contributed by atoms with van der Waals surface area (Å²) in [4.78, 5) is 12.2. The lowest BCUT2D eigenvalue weighted by Crippen LogP contribution is -2.32. The van der Waals surface area contributed by atoms with E-state index >= 15 is 0 Å². The molecule has 0 aliphatic rings. The average molecular weight is 305 g/mol. The Morgan fingerprint density at radius 3 is 2.68 bits per heavy atom. The molecule has 0 saturated carbocycles. The second kappa shape index (κ2) is 6.47. The first-order chi connectivity index (χ1) is 8.80. The Kier molecular flexibility index (Phi) is 5.48. The smallest absolute Gasteiger partial charge is 0.262 e. The highest BCUT2D eigenvalue weighted by Crippen LogP contribution is 2.23. The third-order valence-corrected chi connectivity index (χ3v) is 5.51. The molecule has 0 bridgehead atoms. The fourth-order valence-corrected chi connectivity index (χ4v) is 3.50. The average Bonchev–Trinajstić information content (AvgIpc) is 2.84. The van der Waals surface area contributed by atoms with Gasteiger partial charge in [0.2, 0.25) is 10.0 Å². The van der Waals surface area contributed by atoms with Crippen molar-refractivity contribution in [3.05, 3.63) is 16.3 Å². The predicted molar refractivity (Wildman–Crippen MR) is 75.7 cm³/mol. The summed E-state index contributed by atoms with van der Waals surface area (Å²) in [5.41, 5.74) is 5.46. The van der Waals surface area contributed by atoms with Crippen LogP contribution >= 0.6 is 11.3 Å². The van der Waals surface area contributed by atoms with E-state index in [1.54, 1.807) is 5.38 Å². The van der Waals surface area contributed by atoms with E-state index in [9.17, 15) is 13.2 Å². The van der Waals surface area contributed by atoms with Gasteiger partial charge in [-0.2, -0.15) is 0 Å². The normalized spacial score (nSPS) is 13.5. The summed E-state index contributed by atoms with van der Waals surface area (Å²) in [6.07, 6.45) is 0. The van der Waals surface area contributed by atoms with Crippen molar-refractivity contribution in [2.45, 2.75) is 11.8 Å². The maximum atomic E-state index is 12.0. The lowest BCUT2D eigenvalue weighted by molar-refractivity contribution is 0.0949. The summed E-state index contributed by atoms with van der Waals surface area (Å²) in [5.74, 6) is -0.228. The first kappa shape index (κ1) is 16.1. The molecule has 19 heavy (non-hydrogen) atoms. The molecule has 0 radical (unpaired) electrons. The molecule has 0 spiro atoms. The van der Waals surface area contributed by atoms with E-state index in [1.807, 2.05) is 6.92 Å². The van der Waals surface area contributed by atoms with Crippen molar-refractivity contribution in [1.29, 1.82) is 0 Å². The van der Waals surface area contributed by atoms with Crippen LogP contribution in [0.1, 0.15) is 16.6 Å². The van der Waals surface area contributed by atoms with Crippen molar-refractivity contribution in [3.8, 4) is 0 Å². The Bertz CT molecular complexity index is 537. The van der Waals surface area contributed by atoms with Crippen LogP contribution in [0.4, 0.5) is 0 Å². The fourth-order valence-electron chi connectivity index (χ4n) is 1.29. The van der Waals surface area contributed by atoms with Gasteiger partial charge in [0.15, 0.2) is 0 Å². The number of nitrogens with two attached hydrogens (primary N) is 1. The molecule has 0 fully saturated rings. The molecule has 0 aliphatic carbocycles. The molecule has 0 aliphatic heterocycles. The summed E-state index contributed by atoms with van der Waals surface area (Å²) in [5, 5.41) is 4.29. The molecule has 1 atom stereocenters. The first-order valence-electron chi connectivity index (χ1n) is 5.79. The standard InChI is InChI=1S/C11H19N3O3S2/c1-8(6-12)7-13-11(15)10-9(4-5-18-10)19(16,17)14(2)3/h4-5,8H,6-7,12H2,1-3H3,(H,13,15). The maximum Gasteiger partial charge on any atom is 0.262 e. The summed E-state index contributed by atoms with van der Waals surface area (Å²) in [6, 6.07) is 1.45. The van der Waals surface area contributed by atoms with Crippen molar-refractivity contribution in [3.63, 3.8) is 0 Å². The number of rotatable bonds is 6. The molecule has 1 rings (SSSR count). The van der Waals surface area contributed by atoms with Gasteiger partial charge < -0.3 is 11.1 Å². The van der Waals surface area contributed by atoms with Gasteiger partial charge in [-0.25, -0.2) is 12.7 Å². The van der Waals surface area contributed by atoms with Crippen LogP contribution in [0.15, 0.2) is 16.3 Å². The second-order valence-corrected chi connectivity index (χ2v) is 7.49. The van der Waals surface area contributed by atoms with E-state index in [1.165, 1.54) is 20.2 Å². The highest BCUT2D eigenvalue weighted by atomic mass is 32.2. The van der Waals surface area contributed by atoms with E-state index in [2.05, 4.69) is 5.32 Å². The Morgan fingerprint density at radius 1 is 1.53 bits per heavy atom. The maximum absolute atomic E-state index is 12.0. The fraction of sp³-hybridized carbons (Fsp3) is 0.545.